The van der Waals surface area contributed by atoms with Crippen LogP contribution < -0.4 is 16.8 Å². The molecule has 0 bridgehead atoms. The predicted molar refractivity (Wildman–Crippen MR) is 54.4 cm³/mol. The normalized spacial score (nSPS) is 11.1. The Morgan fingerprint density at radius 3 is 2.29 bits per heavy atom. The first kappa shape index (κ1) is 12.9. The van der Waals surface area contributed by atoms with Crippen molar-refractivity contribution < 1.29 is 9.59 Å². The number of hydrogen-bond acceptors (Lipinski definition) is 3. The maximum atomic E-state index is 11.1. The van der Waals surface area contributed by atoms with Crippen molar-refractivity contribution in [1.29, 1.82) is 0 Å². The lowest BCUT2D eigenvalue weighted by atomic mass is 9.84. The molecule has 0 aliphatic heterocycles. The minimum Gasteiger partial charge on any atom is -0.351 e. The molecule has 0 aromatic heterocycles. The first-order chi connectivity index (χ1) is 6.37. The SMILES string of the molecule is CC(C)(CCN)CCC(=O)NC(N)=O. The Balaban J connectivity index is 3.81. The van der Waals surface area contributed by atoms with E-state index in [0.29, 0.717) is 19.4 Å². The number of nitrogens with two attached hydrogens (primary N) is 2. The molecule has 0 spiro atoms. The molecule has 0 atom stereocenters. The monoisotopic (exact) mass is 201 g/mol. The lowest BCUT2D eigenvalue weighted by molar-refractivity contribution is -0.120. The summed E-state index contributed by atoms with van der Waals surface area (Å²) in [7, 11) is 0. The van der Waals surface area contributed by atoms with E-state index in [4.69, 9.17) is 11.5 Å². The lowest BCUT2D eigenvalue weighted by Crippen LogP contribution is -2.35. The van der Waals surface area contributed by atoms with Gasteiger partial charge in [-0.2, -0.15) is 0 Å². The fraction of sp³-hybridized carbons (Fsp3) is 0.778. The Labute approximate surface area is 84.2 Å². The molecule has 0 fully saturated rings. The summed E-state index contributed by atoms with van der Waals surface area (Å²) >= 11 is 0. The molecular formula is C9H19N3O2. The average molecular weight is 201 g/mol. The van der Waals surface area contributed by atoms with Gasteiger partial charge in [-0.15, -0.1) is 0 Å². The molecule has 82 valence electrons. The first-order valence-electron chi connectivity index (χ1n) is 4.67. The highest BCUT2D eigenvalue weighted by molar-refractivity contribution is 5.93. The number of hydrogen-bond donors (Lipinski definition) is 3. The second-order valence-electron chi connectivity index (χ2n) is 4.12. The van der Waals surface area contributed by atoms with Crippen LogP contribution in [0.3, 0.4) is 0 Å². The van der Waals surface area contributed by atoms with Crippen molar-refractivity contribution in [2.24, 2.45) is 16.9 Å². The Morgan fingerprint density at radius 1 is 1.29 bits per heavy atom. The molecule has 0 heterocycles. The van der Waals surface area contributed by atoms with Crippen LogP contribution >= 0.6 is 0 Å². The molecule has 0 saturated carbocycles. The average Bonchev–Trinajstić information content (AvgIpc) is 2.00. The summed E-state index contributed by atoms with van der Waals surface area (Å²) in [4.78, 5) is 21.4. The third kappa shape index (κ3) is 6.42. The number of nitrogens with one attached hydrogen (secondary N) is 1. The fourth-order valence-corrected chi connectivity index (χ4v) is 1.17. The van der Waals surface area contributed by atoms with Crippen molar-refractivity contribution in [3.8, 4) is 0 Å². The number of amides is 3. The minimum atomic E-state index is -0.799. The summed E-state index contributed by atoms with van der Waals surface area (Å²) < 4.78 is 0. The van der Waals surface area contributed by atoms with Crippen molar-refractivity contribution in [3.05, 3.63) is 0 Å². The molecule has 0 unspecified atom stereocenters. The lowest BCUT2D eigenvalue weighted by Gasteiger charge is -2.23. The number of urea groups is 1. The molecule has 3 amide bonds. The van der Waals surface area contributed by atoms with Gasteiger partial charge in [-0.1, -0.05) is 13.8 Å². The molecule has 0 aliphatic carbocycles. The van der Waals surface area contributed by atoms with Gasteiger partial charge in [0.15, 0.2) is 0 Å². The van der Waals surface area contributed by atoms with Gasteiger partial charge in [-0.05, 0) is 24.8 Å². The zero-order chi connectivity index (χ0) is 11.2. The number of carbonyl (C=O) groups is 2. The van der Waals surface area contributed by atoms with Gasteiger partial charge in [0.05, 0.1) is 0 Å². The van der Waals surface area contributed by atoms with Crippen molar-refractivity contribution in [3.63, 3.8) is 0 Å². The summed E-state index contributed by atoms with van der Waals surface area (Å²) in [6, 6.07) is -0.799. The van der Waals surface area contributed by atoms with Crippen molar-refractivity contribution >= 4 is 11.9 Å². The molecule has 0 aliphatic rings. The Morgan fingerprint density at radius 2 is 1.86 bits per heavy atom. The summed E-state index contributed by atoms with van der Waals surface area (Å²) in [5.74, 6) is -0.331. The van der Waals surface area contributed by atoms with E-state index in [0.717, 1.165) is 6.42 Å². The molecule has 0 aromatic rings. The van der Waals surface area contributed by atoms with Crippen LogP contribution in [0.1, 0.15) is 33.1 Å². The summed E-state index contributed by atoms with van der Waals surface area (Å²) in [5.41, 5.74) is 10.3. The van der Waals surface area contributed by atoms with Gasteiger partial charge in [-0.3, -0.25) is 10.1 Å². The van der Waals surface area contributed by atoms with Crippen LogP contribution in [0.2, 0.25) is 0 Å². The van der Waals surface area contributed by atoms with Gasteiger partial charge in [0.2, 0.25) is 5.91 Å². The van der Waals surface area contributed by atoms with Gasteiger partial charge in [0.25, 0.3) is 0 Å². The Bertz CT molecular complexity index is 214. The fourth-order valence-electron chi connectivity index (χ4n) is 1.17. The Hall–Kier alpha value is -1.10. The summed E-state index contributed by atoms with van der Waals surface area (Å²) in [5, 5.41) is 2.03. The highest BCUT2D eigenvalue weighted by atomic mass is 16.2. The molecule has 14 heavy (non-hydrogen) atoms. The minimum absolute atomic E-state index is 0.0315. The highest BCUT2D eigenvalue weighted by Crippen LogP contribution is 2.25. The number of primary amides is 1. The molecule has 0 aromatic carbocycles. The highest BCUT2D eigenvalue weighted by Gasteiger charge is 2.18. The van der Waals surface area contributed by atoms with E-state index in [-0.39, 0.29) is 11.3 Å². The number of rotatable bonds is 5. The molecule has 0 saturated heterocycles. The summed E-state index contributed by atoms with van der Waals surface area (Å²) in [6.45, 7) is 4.68. The van der Waals surface area contributed by atoms with Crippen molar-refractivity contribution in [2.75, 3.05) is 6.54 Å². The van der Waals surface area contributed by atoms with E-state index < -0.39 is 6.03 Å². The standard InChI is InChI=1S/C9H19N3O2/c1-9(2,5-6-10)4-3-7(13)12-8(11)14/h3-6,10H2,1-2H3,(H3,11,12,13,14). The van der Waals surface area contributed by atoms with Crippen LogP contribution in [0.4, 0.5) is 4.79 Å². The quantitative estimate of drug-likeness (QED) is 0.598. The van der Waals surface area contributed by atoms with Crippen LogP contribution in [0, 0.1) is 5.41 Å². The van der Waals surface area contributed by atoms with Crippen LogP contribution in [0.15, 0.2) is 0 Å². The third-order valence-electron chi connectivity index (χ3n) is 2.11. The number of carbonyl (C=O) groups excluding carboxylic acids is 2. The van der Waals surface area contributed by atoms with E-state index in [2.05, 4.69) is 0 Å². The second-order valence-corrected chi connectivity index (χ2v) is 4.12. The topological polar surface area (TPSA) is 98.2 Å². The first-order valence-corrected chi connectivity index (χ1v) is 4.67. The zero-order valence-corrected chi connectivity index (χ0v) is 8.80. The molecule has 5 heteroatoms. The van der Waals surface area contributed by atoms with Crippen LogP contribution in [-0.2, 0) is 4.79 Å². The van der Waals surface area contributed by atoms with Crippen molar-refractivity contribution in [2.45, 2.75) is 33.1 Å². The molecule has 5 nitrogen and oxygen atoms in total. The van der Waals surface area contributed by atoms with Gasteiger partial charge in [0, 0.05) is 6.42 Å². The molecule has 0 rings (SSSR count). The molecule has 5 N–H and O–H groups in total. The van der Waals surface area contributed by atoms with Crippen LogP contribution in [0.5, 0.6) is 0 Å². The van der Waals surface area contributed by atoms with Gasteiger partial charge >= 0.3 is 6.03 Å². The Kier molecular flexibility index (Phi) is 5.15. The second kappa shape index (κ2) is 5.59. The van der Waals surface area contributed by atoms with Crippen molar-refractivity contribution in [1.82, 2.24) is 5.32 Å². The van der Waals surface area contributed by atoms with E-state index >= 15 is 0 Å². The predicted octanol–water partition coefficient (Wildman–Crippen LogP) is 0.337. The van der Waals surface area contributed by atoms with Crippen LogP contribution in [0.25, 0.3) is 0 Å². The van der Waals surface area contributed by atoms with Crippen LogP contribution in [-0.4, -0.2) is 18.5 Å². The molecule has 0 radical (unpaired) electrons. The van der Waals surface area contributed by atoms with Gasteiger partial charge in [0.1, 0.15) is 0 Å². The maximum Gasteiger partial charge on any atom is 0.318 e. The number of imide groups is 1. The molecular weight excluding hydrogens is 182 g/mol. The third-order valence-corrected chi connectivity index (χ3v) is 2.11. The van der Waals surface area contributed by atoms with Gasteiger partial charge < -0.3 is 11.5 Å². The van der Waals surface area contributed by atoms with E-state index in [1.165, 1.54) is 0 Å². The van der Waals surface area contributed by atoms with E-state index in [9.17, 15) is 9.59 Å². The maximum absolute atomic E-state index is 11.1. The van der Waals surface area contributed by atoms with E-state index in [1.807, 2.05) is 19.2 Å². The summed E-state index contributed by atoms with van der Waals surface area (Å²) in [6.07, 6.45) is 1.86. The van der Waals surface area contributed by atoms with Gasteiger partial charge in [-0.25, -0.2) is 4.79 Å². The smallest absolute Gasteiger partial charge is 0.318 e. The zero-order valence-electron chi connectivity index (χ0n) is 8.80. The largest absolute Gasteiger partial charge is 0.351 e. The van der Waals surface area contributed by atoms with E-state index in [1.54, 1.807) is 0 Å².